The molecule has 0 bridgehead atoms. The Morgan fingerprint density at radius 2 is 2.04 bits per heavy atom. The maximum Gasteiger partial charge on any atom is 0.125 e. The van der Waals surface area contributed by atoms with Crippen molar-refractivity contribution in [1.29, 1.82) is 0 Å². The normalized spacial score (nSPS) is 16.6. The summed E-state index contributed by atoms with van der Waals surface area (Å²) in [7, 11) is 1.89. The maximum absolute atomic E-state index is 5.99. The van der Waals surface area contributed by atoms with E-state index in [4.69, 9.17) is 11.6 Å². The summed E-state index contributed by atoms with van der Waals surface area (Å²) in [5.41, 5.74) is 2.39. The molecule has 0 spiro atoms. The number of allylic oxidation sites excluding steroid dienone is 2. The number of aromatic nitrogens is 1. The van der Waals surface area contributed by atoms with Gasteiger partial charge in [0.1, 0.15) is 5.82 Å². The molecule has 1 aliphatic heterocycles. The first-order valence-electron chi connectivity index (χ1n) is 7.39. The van der Waals surface area contributed by atoms with Crippen molar-refractivity contribution in [2.45, 2.75) is 11.1 Å². The molecule has 2 heterocycles. The molecule has 23 heavy (non-hydrogen) atoms. The van der Waals surface area contributed by atoms with E-state index < -0.39 is 0 Å². The van der Waals surface area contributed by atoms with E-state index in [1.54, 1.807) is 0 Å². The zero-order valence-corrected chi connectivity index (χ0v) is 14.4. The summed E-state index contributed by atoms with van der Waals surface area (Å²) in [6, 6.07) is 12.1. The molecule has 1 N–H and O–H groups in total. The maximum atomic E-state index is 5.99. The van der Waals surface area contributed by atoms with Crippen LogP contribution < -0.4 is 10.2 Å². The van der Waals surface area contributed by atoms with Gasteiger partial charge in [-0.1, -0.05) is 23.8 Å². The lowest BCUT2D eigenvalue weighted by Gasteiger charge is -2.30. The minimum atomic E-state index is 0.257. The number of nitrogens with zero attached hydrogens (tertiary/aromatic N) is 2. The lowest BCUT2D eigenvalue weighted by Crippen LogP contribution is -2.27. The highest BCUT2D eigenvalue weighted by atomic mass is 35.5. The van der Waals surface area contributed by atoms with Crippen molar-refractivity contribution in [3.05, 3.63) is 77.6 Å². The van der Waals surface area contributed by atoms with Crippen LogP contribution in [0.5, 0.6) is 0 Å². The minimum Gasteiger partial charge on any atom is -0.373 e. The van der Waals surface area contributed by atoms with E-state index >= 15 is 0 Å². The number of halogens is 1. The number of hydrogen-bond donors (Lipinski definition) is 1. The van der Waals surface area contributed by atoms with E-state index in [2.05, 4.69) is 51.8 Å². The van der Waals surface area contributed by atoms with Crippen LogP contribution in [0.2, 0.25) is 5.02 Å². The second kappa shape index (κ2) is 7.57. The lowest BCUT2D eigenvalue weighted by molar-refractivity contribution is 1.01. The molecule has 0 saturated carbocycles. The van der Waals surface area contributed by atoms with Gasteiger partial charge in [0.25, 0.3) is 0 Å². The molecule has 2 aromatic rings. The molecule has 1 atom stereocenters. The van der Waals surface area contributed by atoms with Gasteiger partial charge in [-0.05, 0) is 48.0 Å². The third-order valence-corrected chi connectivity index (χ3v) is 5.01. The fourth-order valence-electron chi connectivity index (χ4n) is 2.34. The highest BCUT2D eigenvalue weighted by molar-refractivity contribution is 7.99. The fraction of sp³-hybridized carbons (Fsp3) is 0.167. The summed E-state index contributed by atoms with van der Waals surface area (Å²) < 4.78 is 0. The first kappa shape index (κ1) is 16.0. The Morgan fingerprint density at radius 1 is 1.22 bits per heavy atom. The predicted octanol–water partition coefficient (Wildman–Crippen LogP) is 4.93. The van der Waals surface area contributed by atoms with E-state index in [1.165, 1.54) is 5.56 Å². The molecule has 0 saturated heterocycles. The molecular weight excluding hydrogens is 326 g/mol. The van der Waals surface area contributed by atoms with Crippen LogP contribution in [0.4, 0.5) is 11.5 Å². The Bertz CT molecular complexity index is 712. The second-order valence-corrected chi connectivity index (χ2v) is 6.65. The number of pyridine rings is 1. The van der Waals surface area contributed by atoms with Crippen molar-refractivity contribution in [2.24, 2.45) is 0 Å². The van der Waals surface area contributed by atoms with Gasteiger partial charge in [0.05, 0.1) is 5.37 Å². The van der Waals surface area contributed by atoms with Crippen LogP contribution in [0, 0.1) is 0 Å². The predicted molar refractivity (Wildman–Crippen MR) is 101 cm³/mol. The van der Waals surface area contributed by atoms with Crippen molar-refractivity contribution < 1.29 is 0 Å². The zero-order chi connectivity index (χ0) is 16.1. The van der Waals surface area contributed by atoms with E-state index in [-0.39, 0.29) is 5.37 Å². The SMILES string of the molecule is CNc1cc(CSC2C=CC=CN2c2ccc(Cl)cc2)ccn1. The van der Waals surface area contributed by atoms with Crippen LogP contribution in [-0.4, -0.2) is 17.4 Å². The third kappa shape index (κ3) is 4.09. The topological polar surface area (TPSA) is 28.2 Å². The first-order valence-corrected chi connectivity index (χ1v) is 8.82. The number of benzene rings is 1. The summed E-state index contributed by atoms with van der Waals surface area (Å²) in [5, 5.41) is 4.09. The highest BCUT2D eigenvalue weighted by Crippen LogP contribution is 2.30. The van der Waals surface area contributed by atoms with Crippen LogP contribution in [-0.2, 0) is 5.75 Å². The molecule has 0 aliphatic carbocycles. The van der Waals surface area contributed by atoms with Gasteiger partial charge in [-0.2, -0.15) is 0 Å². The van der Waals surface area contributed by atoms with Crippen LogP contribution in [0.15, 0.2) is 67.0 Å². The van der Waals surface area contributed by atoms with Gasteiger partial charge in [-0.25, -0.2) is 4.98 Å². The van der Waals surface area contributed by atoms with Crippen LogP contribution >= 0.6 is 23.4 Å². The van der Waals surface area contributed by atoms with Gasteiger partial charge in [0.2, 0.25) is 0 Å². The average Bonchev–Trinajstić information content (AvgIpc) is 2.61. The molecule has 0 fully saturated rings. The van der Waals surface area contributed by atoms with Crippen LogP contribution in [0.25, 0.3) is 0 Å². The van der Waals surface area contributed by atoms with Crippen LogP contribution in [0.1, 0.15) is 5.56 Å². The highest BCUT2D eigenvalue weighted by Gasteiger charge is 2.17. The molecule has 1 aromatic carbocycles. The van der Waals surface area contributed by atoms with Gasteiger partial charge in [0.15, 0.2) is 0 Å². The van der Waals surface area contributed by atoms with Crippen molar-refractivity contribution in [3.8, 4) is 0 Å². The molecule has 1 aliphatic rings. The fourth-order valence-corrected chi connectivity index (χ4v) is 3.57. The molecule has 0 radical (unpaired) electrons. The summed E-state index contributed by atoms with van der Waals surface area (Å²) in [5.74, 6) is 1.82. The number of nitrogens with one attached hydrogen (secondary N) is 1. The largest absolute Gasteiger partial charge is 0.373 e. The van der Waals surface area contributed by atoms with Crippen molar-refractivity contribution in [3.63, 3.8) is 0 Å². The van der Waals surface area contributed by atoms with Gasteiger partial charge >= 0.3 is 0 Å². The molecule has 118 valence electrons. The van der Waals surface area contributed by atoms with Gasteiger partial charge in [0, 0.05) is 35.9 Å². The smallest absolute Gasteiger partial charge is 0.125 e. The molecule has 3 nitrogen and oxygen atoms in total. The number of thioether (sulfide) groups is 1. The Kier molecular flexibility index (Phi) is 5.26. The molecule has 5 heteroatoms. The van der Waals surface area contributed by atoms with E-state index in [1.807, 2.05) is 49.3 Å². The number of anilines is 2. The Hall–Kier alpha value is -1.91. The van der Waals surface area contributed by atoms with Crippen molar-refractivity contribution >= 4 is 34.9 Å². The molecule has 1 aromatic heterocycles. The second-order valence-electron chi connectivity index (χ2n) is 5.11. The van der Waals surface area contributed by atoms with E-state index in [9.17, 15) is 0 Å². The van der Waals surface area contributed by atoms with E-state index in [0.717, 1.165) is 22.3 Å². The Labute approximate surface area is 146 Å². The third-order valence-electron chi connectivity index (χ3n) is 3.53. The summed E-state index contributed by atoms with van der Waals surface area (Å²) >= 11 is 7.87. The lowest BCUT2D eigenvalue weighted by atomic mass is 10.2. The van der Waals surface area contributed by atoms with E-state index in [0.29, 0.717) is 0 Å². The molecule has 1 unspecified atom stereocenters. The average molecular weight is 344 g/mol. The molecular formula is C18H18ClN3S. The van der Waals surface area contributed by atoms with Gasteiger partial charge in [-0.3, -0.25) is 0 Å². The standard InChI is InChI=1S/C18H18ClN3S/c1-20-17-12-14(9-10-21-17)13-23-18-4-2-3-11-22(18)16-7-5-15(19)6-8-16/h2-12,18H,13H2,1H3,(H,20,21). The summed E-state index contributed by atoms with van der Waals surface area (Å²) in [4.78, 5) is 6.51. The summed E-state index contributed by atoms with van der Waals surface area (Å²) in [6.45, 7) is 0. The Morgan fingerprint density at radius 3 is 2.83 bits per heavy atom. The summed E-state index contributed by atoms with van der Waals surface area (Å²) in [6.07, 6.45) is 10.3. The first-order chi connectivity index (χ1) is 11.3. The Balaban J connectivity index is 1.71. The zero-order valence-electron chi connectivity index (χ0n) is 12.8. The molecule has 0 amide bonds. The monoisotopic (exact) mass is 343 g/mol. The number of rotatable bonds is 5. The molecule has 3 rings (SSSR count). The number of hydrogen-bond acceptors (Lipinski definition) is 4. The van der Waals surface area contributed by atoms with Crippen molar-refractivity contribution in [2.75, 3.05) is 17.3 Å². The van der Waals surface area contributed by atoms with Gasteiger partial charge in [-0.15, -0.1) is 11.8 Å². The minimum absolute atomic E-state index is 0.257. The van der Waals surface area contributed by atoms with Crippen LogP contribution in [0.3, 0.4) is 0 Å². The van der Waals surface area contributed by atoms with Gasteiger partial charge < -0.3 is 10.2 Å². The van der Waals surface area contributed by atoms with Crippen molar-refractivity contribution in [1.82, 2.24) is 4.98 Å². The quantitative estimate of drug-likeness (QED) is 0.833.